The van der Waals surface area contributed by atoms with Crippen molar-refractivity contribution in [1.82, 2.24) is 20.3 Å². The number of hydrogen-bond acceptors (Lipinski definition) is 4. The van der Waals surface area contributed by atoms with E-state index in [1.165, 1.54) is 0 Å². The van der Waals surface area contributed by atoms with Gasteiger partial charge in [0.25, 0.3) is 0 Å². The van der Waals surface area contributed by atoms with Gasteiger partial charge in [-0.3, -0.25) is 0 Å². The third kappa shape index (κ3) is 2.55. The first-order chi connectivity index (χ1) is 11.6. The molecule has 124 valence electrons. The number of hydrogen-bond donors (Lipinski definition) is 3. The number of rotatable bonds is 2. The van der Waals surface area contributed by atoms with E-state index in [2.05, 4.69) is 22.2 Å². The quantitative estimate of drug-likeness (QED) is 0.676. The molecule has 0 bridgehead atoms. The lowest BCUT2D eigenvalue weighted by atomic mass is 9.93. The summed E-state index contributed by atoms with van der Waals surface area (Å²) in [6.07, 6.45) is 2.22. The van der Waals surface area contributed by atoms with Crippen LogP contribution >= 0.6 is 0 Å². The van der Waals surface area contributed by atoms with Gasteiger partial charge in [0.2, 0.25) is 0 Å². The van der Waals surface area contributed by atoms with Crippen LogP contribution in [-0.4, -0.2) is 33.1 Å². The third-order valence-corrected chi connectivity index (χ3v) is 4.91. The minimum Gasteiger partial charge on any atom is -0.508 e. The van der Waals surface area contributed by atoms with E-state index in [1.807, 2.05) is 19.1 Å². The molecule has 1 aliphatic heterocycles. The van der Waals surface area contributed by atoms with Gasteiger partial charge < -0.3 is 15.4 Å². The van der Waals surface area contributed by atoms with E-state index < -0.39 is 0 Å². The van der Waals surface area contributed by atoms with Crippen molar-refractivity contribution in [3.05, 3.63) is 41.3 Å². The smallest absolute Gasteiger partial charge is 0.126 e. The summed E-state index contributed by atoms with van der Waals surface area (Å²) in [6, 6.07) is 7.28. The first-order valence-corrected chi connectivity index (χ1v) is 8.50. The largest absolute Gasteiger partial charge is 0.508 e. The molecule has 1 aliphatic rings. The van der Waals surface area contributed by atoms with E-state index >= 15 is 0 Å². The fourth-order valence-electron chi connectivity index (χ4n) is 3.63. The Morgan fingerprint density at radius 2 is 1.75 bits per heavy atom. The summed E-state index contributed by atoms with van der Waals surface area (Å²) in [5, 5.41) is 12.9. The zero-order chi connectivity index (χ0) is 16.7. The molecule has 1 saturated heterocycles. The average molecular weight is 322 g/mol. The Morgan fingerprint density at radius 3 is 2.46 bits per heavy atom. The Kier molecular flexibility index (Phi) is 3.73. The van der Waals surface area contributed by atoms with Crippen LogP contribution in [0.5, 0.6) is 5.75 Å². The molecule has 0 unspecified atom stereocenters. The van der Waals surface area contributed by atoms with Crippen molar-refractivity contribution in [2.45, 2.75) is 32.6 Å². The highest BCUT2D eigenvalue weighted by Crippen LogP contribution is 2.34. The molecule has 0 aliphatic carbocycles. The Balaban J connectivity index is 1.89. The van der Waals surface area contributed by atoms with Crippen LogP contribution in [-0.2, 0) is 0 Å². The maximum atomic E-state index is 9.52. The second kappa shape index (κ2) is 5.91. The van der Waals surface area contributed by atoms with Crippen LogP contribution in [0.1, 0.15) is 35.8 Å². The Hall–Kier alpha value is -2.40. The number of fused-ring (bicyclic) bond motifs is 1. The van der Waals surface area contributed by atoms with Gasteiger partial charge in [-0.15, -0.1) is 0 Å². The minimum absolute atomic E-state index is 0.276. The van der Waals surface area contributed by atoms with Crippen molar-refractivity contribution >= 4 is 11.0 Å². The third-order valence-electron chi connectivity index (χ3n) is 4.91. The van der Waals surface area contributed by atoms with Gasteiger partial charge in [-0.25, -0.2) is 9.97 Å². The predicted molar refractivity (Wildman–Crippen MR) is 95.3 cm³/mol. The summed E-state index contributed by atoms with van der Waals surface area (Å²) in [4.78, 5) is 13.0. The molecule has 3 N–H and O–H groups in total. The SMILES string of the molecule is Cc1nc(C2CCNCC2)c2[nH]c(-c3ccc(O)cc3)c(C)c2n1. The van der Waals surface area contributed by atoms with Crippen LogP contribution in [0.4, 0.5) is 0 Å². The van der Waals surface area contributed by atoms with Crippen LogP contribution in [0.2, 0.25) is 0 Å². The summed E-state index contributed by atoms with van der Waals surface area (Å²) in [7, 11) is 0. The summed E-state index contributed by atoms with van der Waals surface area (Å²) in [5.74, 6) is 1.58. The number of nitrogens with one attached hydrogen (secondary N) is 2. The molecule has 24 heavy (non-hydrogen) atoms. The standard InChI is InChI=1S/C19H22N4O/c1-11-16(13-3-5-15(24)6-4-13)23-19-17(11)21-12(2)22-18(19)14-7-9-20-10-8-14/h3-6,14,20,23-24H,7-10H2,1-2H3. The number of nitrogens with zero attached hydrogens (tertiary/aromatic N) is 2. The molecule has 0 atom stereocenters. The van der Waals surface area contributed by atoms with Gasteiger partial charge in [0.05, 0.1) is 22.4 Å². The van der Waals surface area contributed by atoms with E-state index in [-0.39, 0.29) is 5.75 Å². The predicted octanol–water partition coefficient (Wildman–Crippen LogP) is 3.41. The first kappa shape index (κ1) is 15.1. The number of aryl methyl sites for hydroxylation is 2. The number of benzene rings is 1. The van der Waals surface area contributed by atoms with Gasteiger partial charge in [0.15, 0.2) is 0 Å². The molecule has 4 rings (SSSR count). The van der Waals surface area contributed by atoms with Gasteiger partial charge in [0.1, 0.15) is 11.6 Å². The Morgan fingerprint density at radius 1 is 1.04 bits per heavy atom. The molecular formula is C19H22N4O. The highest BCUT2D eigenvalue weighted by molar-refractivity contribution is 5.89. The molecule has 5 nitrogen and oxygen atoms in total. The van der Waals surface area contributed by atoms with Crippen LogP contribution in [0, 0.1) is 13.8 Å². The van der Waals surface area contributed by atoms with Gasteiger partial charge in [-0.2, -0.15) is 0 Å². The fraction of sp³-hybridized carbons (Fsp3) is 0.368. The maximum absolute atomic E-state index is 9.52. The number of aromatic amines is 1. The topological polar surface area (TPSA) is 73.8 Å². The number of aromatic nitrogens is 3. The molecule has 0 spiro atoms. The monoisotopic (exact) mass is 322 g/mol. The number of piperidine rings is 1. The summed E-state index contributed by atoms with van der Waals surface area (Å²) < 4.78 is 0. The molecule has 3 aromatic rings. The summed E-state index contributed by atoms with van der Waals surface area (Å²) in [5.41, 5.74) is 6.47. The number of phenolic OH excluding ortho intramolecular Hbond substituents is 1. The van der Waals surface area contributed by atoms with Crippen LogP contribution in [0.3, 0.4) is 0 Å². The van der Waals surface area contributed by atoms with Crippen LogP contribution in [0.15, 0.2) is 24.3 Å². The fourth-order valence-corrected chi connectivity index (χ4v) is 3.63. The van der Waals surface area contributed by atoms with E-state index in [0.717, 1.165) is 65.3 Å². The summed E-state index contributed by atoms with van der Waals surface area (Å²) in [6.45, 7) is 6.15. The second-order valence-electron chi connectivity index (χ2n) is 6.58. The highest BCUT2D eigenvalue weighted by Gasteiger charge is 2.23. The van der Waals surface area contributed by atoms with E-state index in [4.69, 9.17) is 4.98 Å². The van der Waals surface area contributed by atoms with E-state index in [0.29, 0.717) is 5.92 Å². The molecule has 1 aromatic carbocycles. The van der Waals surface area contributed by atoms with Gasteiger partial charge in [-0.1, -0.05) is 0 Å². The molecule has 0 radical (unpaired) electrons. The normalized spacial score (nSPS) is 15.9. The van der Waals surface area contributed by atoms with Crippen molar-refractivity contribution < 1.29 is 5.11 Å². The Labute approximate surface area is 141 Å². The zero-order valence-corrected chi connectivity index (χ0v) is 14.1. The molecule has 0 amide bonds. The maximum Gasteiger partial charge on any atom is 0.126 e. The lowest BCUT2D eigenvalue weighted by molar-refractivity contribution is 0.454. The number of aromatic hydroxyl groups is 1. The second-order valence-corrected chi connectivity index (χ2v) is 6.58. The zero-order valence-electron chi connectivity index (χ0n) is 14.1. The highest BCUT2D eigenvalue weighted by atomic mass is 16.3. The molecule has 3 heterocycles. The van der Waals surface area contributed by atoms with Gasteiger partial charge in [0, 0.05) is 11.5 Å². The number of H-pyrrole nitrogens is 1. The lowest BCUT2D eigenvalue weighted by Gasteiger charge is -2.22. The summed E-state index contributed by atoms with van der Waals surface area (Å²) >= 11 is 0. The van der Waals surface area contributed by atoms with E-state index in [9.17, 15) is 5.11 Å². The average Bonchev–Trinajstić information content (AvgIpc) is 2.93. The first-order valence-electron chi connectivity index (χ1n) is 8.50. The minimum atomic E-state index is 0.276. The van der Waals surface area contributed by atoms with Crippen LogP contribution in [0.25, 0.3) is 22.3 Å². The van der Waals surface area contributed by atoms with Gasteiger partial charge >= 0.3 is 0 Å². The van der Waals surface area contributed by atoms with Gasteiger partial charge in [-0.05, 0) is 69.6 Å². The van der Waals surface area contributed by atoms with Crippen molar-refractivity contribution in [3.8, 4) is 17.0 Å². The Bertz CT molecular complexity index is 877. The number of phenols is 1. The molecule has 1 fully saturated rings. The molecule has 5 heteroatoms. The van der Waals surface area contributed by atoms with Crippen molar-refractivity contribution in [2.24, 2.45) is 0 Å². The van der Waals surface area contributed by atoms with Crippen LogP contribution < -0.4 is 5.32 Å². The lowest BCUT2D eigenvalue weighted by Crippen LogP contribution is -2.27. The van der Waals surface area contributed by atoms with Crippen molar-refractivity contribution in [3.63, 3.8) is 0 Å². The van der Waals surface area contributed by atoms with Crippen molar-refractivity contribution in [2.75, 3.05) is 13.1 Å². The molecular weight excluding hydrogens is 300 g/mol. The van der Waals surface area contributed by atoms with Crippen molar-refractivity contribution in [1.29, 1.82) is 0 Å². The van der Waals surface area contributed by atoms with E-state index in [1.54, 1.807) is 12.1 Å². The molecule has 0 saturated carbocycles. The molecule has 2 aromatic heterocycles.